The van der Waals surface area contributed by atoms with Crippen molar-refractivity contribution in [2.24, 2.45) is 0 Å². The lowest BCUT2D eigenvalue weighted by Gasteiger charge is -2.26. The van der Waals surface area contributed by atoms with Crippen molar-refractivity contribution in [3.05, 3.63) is 89.4 Å². The van der Waals surface area contributed by atoms with Gasteiger partial charge in [0.1, 0.15) is 28.9 Å². The molecule has 0 bridgehead atoms. The second-order valence-corrected chi connectivity index (χ2v) is 9.49. The minimum Gasteiger partial charge on any atom is -0.494 e. The molecule has 0 amide bonds. The number of benzene rings is 2. The van der Waals surface area contributed by atoms with Gasteiger partial charge in [0, 0.05) is 66.2 Å². The molecular formula is C29H27F2N7O. The first-order valence-electron chi connectivity index (χ1n) is 12.8. The Labute approximate surface area is 224 Å². The minimum atomic E-state index is -0.683. The van der Waals surface area contributed by atoms with Crippen molar-refractivity contribution in [2.45, 2.75) is 26.4 Å². The number of halogens is 2. The second kappa shape index (κ2) is 10.4. The number of hydrogen-bond donors (Lipinski definition) is 1. The molecule has 6 rings (SSSR count). The van der Waals surface area contributed by atoms with Gasteiger partial charge in [-0.3, -0.25) is 9.67 Å². The number of likely N-dealkylation sites (N-methyl/N-ethyl adjacent to an activating group) is 1. The minimum absolute atomic E-state index is 0.0901. The number of para-hydroxylation sites is 1. The molecule has 8 nitrogen and oxygen atoms in total. The van der Waals surface area contributed by atoms with Gasteiger partial charge in [-0.1, -0.05) is 18.2 Å². The number of pyridine rings is 1. The average Bonchev–Trinajstić information content (AvgIpc) is 3.30. The third-order valence-electron chi connectivity index (χ3n) is 6.80. The van der Waals surface area contributed by atoms with Crippen LogP contribution in [0.2, 0.25) is 0 Å². The number of anilines is 2. The van der Waals surface area contributed by atoms with Crippen molar-refractivity contribution in [3.63, 3.8) is 0 Å². The highest BCUT2D eigenvalue weighted by Gasteiger charge is 2.24. The standard InChI is InChI=1S/C29H27F2N7O/c1-3-39-19-14-23(30)21(24(31)15-19)17-38-26-7-5-4-6-20(26)27(36-38)29-34-25-10-13-37(2)16-22(25)28(35-29)33-18-8-11-32-12-9-18/h4-9,11-12,14-15H,3,10,13,16-17H2,1-2H3,(H,32,33,34,35). The molecule has 1 aliphatic rings. The molecule has 2 aromatic carbocycles. The Bertz CT molecular complexity index is 1630. The third-order valence-corrected chi connectivity index (χ3v) is 6.80. The van der Waals surface area contributed by atoms with E-state index in [0.29, 0.717) is 30.5 Å². The lowest BCUT2D eigenvalue weighted by molar-refractivity contribution is 0.310. The van der Waals surface area contributed by atoms with Crippen LogP contribution in [-0.4, -0.2) is 49.8 Å². The molecule has 0 aliphatic carbocycles. The number of nitrogens with zero attached hydrogens (tertiary/aromatic N) is 6. The zero-order valence-electron chi connectivity index (χ0n) is 21.7. The number of ether oxygens (including phenoxy) is 1. The Hall–Kier alpha value is -4.44. The summed E-state index contributed by atoms with van der Waals surface area (Å²) >= 11 is 0. The van der Waals surface area contributed by atoms with E-state index in [1.54, 1.807) is 24.0 Å². The molecule has 1 N–H and O–H groups in total. The van der Waals surface area contributed by atoms with Crippen LogP contribution in [0.3, 0.4) is 0 Å². The van der Waals surface area contributed by atoms with Gasteiger partial charge in [0.05, 0.1) is 24.4 Å². The normalized spacial score (nSPS) is 13.4. The zero-order chi connectivity index (χ0) is 26.9. The molecule has 0 radical (unpaired) electrons. The Balaban J connectivity index is 1.45. The number of rotatable bonds is 7. The summed E-state index contributed by atoms with van der Waals surface area (Å²) in [7, 11) is 2.07. The van der Waals surface area contributed by atoms with Gasteiger partial charge in [-0.2, -0.15) is 5.10 Å². The Morgan fingerprint density at radius 2 is 1.79 bits per heavy atom. The molecule has 0 unspecified atom stereocenters. The molecule has 198 valence electrons. The van der Waals surface area contributed by atoms with Crippen molar-refractivity contribution in [1.82, 2.24) is 29.6 Å². The van der Waals surface area contributed by atoms with Crippen molar-refractivity contribution in [3.8, 4) is 17.3 Å². The van der Waals surface area contributed by atoms with E-state index in [0.717, 1.165) is 40.8 Å². The summed E-state index contributed by atoms with van der Waals surface area (Å²) in [6, 6.07) is 13.7. The molecule has 1 aliphatic heterocycles. The van der Waals surface area contributed by atoms with Gasteiger partial charge in [-0.25, -0.2) is 18.7 Å². The number of nitrogens with one attached hydrogen (secondary N) is 1. The molecule has 0 fully saturated rings. The summed E-state index contributed by atoms with van der Waals surface area (Å²) in [5.74, 6) is -0.0489. The maximum Gasteiger partial charge on any atom is 0.183 e. The Morgan fingerprint density at radius 3 is 2.56 bits per heavy atom. The third kappa shape index (κ3) is 4.90. The molecule has 0 saturated heterocycles. The summed E-state index contributed by atoms with van der Waals surface area (Å²) in [5, 5.41) is 9.01. The smallest absolute Gasteiger partial charge is 0.183 e. The first-order chi connectivity index (χ1) is 19.0. The van der Waals surface area contributed by atoms with Gasteiger partial charge in [0.25, 0.3) is 0 Å². The van der Waals surface area contributed by atoms with E-state index in [9.17, 15) is 8.78 Å². The van der Waals surface area contributed by atoms with Crippen LogP contribution in [0.4, 0.5) is 20.3 Å². The van der Waals surface area contributed by atoms with E-state index < -0.39 is 11.6 Å². The summed E-state index contributed by atoms with van der Waals surface area (Å²) in [4.78, 5) is 16.2. The quantitative estimate of drug-likeness (QED) is 0.306. The van der Waals surface area contributed by atoms with Crippen molar-refractivity contribution < 1.29 is 13.5 Å². The van der Waals surface area contributed by atoms with Crippen LogP contribution in [0.5, 0.6) is 5.75 Å². The molecule has 0 spiro atoms. The highest BCUT2D eigenvalue weighted by molar-refractivity contribution is 5.92. The number of hydrogen-bond acceptors (Lipinski definition) is 7. The van der Waals surface area contributed by atoms with Crippen molar-refractivity contribution in [2.75, 3.05) is 25.5 Å². The topological polar surface area (TPSA) is 81.0 Å². The molecule has 10 heteroatoms. The fraction of sp³-hybridized carbons (Fsp3) is 0.241. The molecule has 4 heterocycles. The van der Waals surface area contributed by atoms with Crippen LogP contribution in [-0.2, 0) is 19.5 Å². The second-order valence-electron chi connectivity index (χ2n) is 9.49. The maximum absolute atomic E-state index is 14.9. The number of aromatic nitrogens is 5. The molecule has 39 heavy (non-hydrogen) atoms. The maximum atomic E-state index is 14.9. The van der Waals surface area contributed by atoms with Crippen LogP contribution < -0.4 is 10.1 Å². The largest absolute Gasteiger partial charge is 0.494 e. The highest BCUT2D eigenvalue weighted by atomic mass is 19.1. The predicted octanol–water partition coefficient (Wildman–Crippen LogP) is 5.35. The lowest BCUT2D eigenvalue weighted by atomic mass is 10.1. The van der Waals surface area contributed by atoms with E-state index >= 15 is 0 Å². The SMILES string of the molecule is CCOc1cc(F)c(Cn2nc(-c3nc4c(c(Nc5ccncc5)n3)CN(C)CC4)c3ccccc32)c(F)c1. The fourth-order valence-corrected chi connectivity index (χ4v) is 4.87. The van der Waals surface area contributed by atoms with Gasteiger partial charge in [-0.05, 0) is 32.2 Å². The summed E-state index contributed by atoms with van der Waals surface area (Å²) in [5.41, 5.74) is 4.04. The van der Waals surface area contributed by atoms with Gasteiger partial charge in [0.2, 0.25) is 0 Å². The summed E-state index contributed by atoms with van der Waals surface area (Å²) in [6.07, 6.45) is 4.21. The van der Waals surface area contributed by atoms with Crippen LogP contribution >= 0.6 is 0 Å². The van der Waals surface area contributed by atoms with E-state index in [1.807, 2.05) is 36.4 Å². The van der Waals surface area contributed by atoms with Crippen molar-refractivity contribution in [1.29, 1.82) is 0 Å². The van der Waals surface area contributed by atoms with Gasteiger partial charge in [-0.15, -0.1) is 0 Å². The molecule has 3 aromatic heterocycles. The van der Waals surface area contributed by atoms with E-state index in [4.69, 9.17) is 19.8 Å². The highest BCUT2D eigenvalue weighted by Crippen LogP contribution is 2.32. The summed E-state index contributed by atoms with van der Waals surface area (Å²) in [6.45, 7) is 3.58. The van der Waals surface area contributed by atoms with Crippen LogP contribution in [0.1, 0.15) is 23.7 Å². The molecule has 0 atom stereocenters. The lowest BCUT2D eigenvalue weighted by Crippen LogP contribution is -2.28. The summed E-state index contributed by atoms with van der Waals surface area (Å²) < 4.78 is 36.7. The predicted molar refractivity (Wildman–Crippen MR) is 145 cm³/mol. The number of fused-ring (bicyclic) bond motifs is 2. The van der Waals surface area contributed by atoms with E-state index in [2.05, 4.69) is 22.2 Å². The Morgan fingerprint density at radius 1 is 1.03 bits per heavy atom. The van der Waals surface area contributed by atoms with Gasteiger partial charge in [0.15, 0.2) is 5.82 Å². The molecule has 0 saturated carbocycles. The average molecular weight is 528 g/mol. The zero-order valence-corrected chi connectivity index (χ0v) is 21.7. The first kappa shape index (κ1) is 24.9. The monoisotopic (exact) mass is 527 g/mol. The van der Waals surface area contributed by atoms with Crippen LogP contribution in [0, 0.1) is 11.6 Å². The van der Waals surface area contributed by atoms with E-state index in [-0.39, 0.29) is 17.9 Å². The van der Waals surface area contributed by atoms with Crippen LogP contribution in [0.25, 0.3) is 22.4 Å². The van der Waals surface area contributed by atoms with Gasteiger partial charge >= 0.3 is 0 Å². The van der Waals surface area contributed by atoms with Gasteiger partial charge < -0.3 is 15.0 Å². The van der Waals surface area contributed by atoms with Crippen molar-refractivity contribution >= 4 is 22.4 Å². The fourth-order valence-electron chi connectivity index (χ4n) is 4.87. The molecular weight excluding hydrogens is 500 g/mol. The van der Waals surface area contributed by atoms with Crippen LogP contribution in [0.15, 0.2) is 60.9 Å². The molecule has 5 aromatic rings. The first-order valence-corrected chi connectivity index (χ1v) is 12.8. The van der Waals surface area contributed by atoms with E-state index in [1.165, 1.54) is 12.1 Å². The Kier molecular flexibility index (Phi) is 6.62.